The van der Waals surface area contributed by atoms with Crippen molar-refractivity contribution >= 4 is 11.4 Å². The Morgan fingerprint density at radius 3 is 2.53 bits per heavy atom. The van der Waals surface area contributed by atoms with Crippen molar-refractivity contribution in [2.45, 2.75) is 13.8 Å². The second-order valence-electron chi connectivity index (χ2n) is 3.39. The lowest BCUT2D eigenvalue weighted by Gasteiger charge is -2.06. The van der Waals surface area contributed by atoms with Crippen molar-refractivity contribution in [2.75, 3.05) is 11.5 Å². The predicted octanol–water partition coefficient (Wildman–Crippen LogP) is 1.52. The van der Waals surface area contributed by atoms with Gasteiger partial charge >= 0.3 is 0 Å². The van der Waals surface area contributed by atoms with Crippen LogP contribution in [-0.4, -0.2) is 10.1 Å². The molecule has 0 aliphatic rings. The van der Waals surface area contributed by atoms with Gasteiger partial charge in [-0.05, 0) is 31.5 Å². The lowest BCUT2D eigenvalue weighted by Crippen LogP contribution is -1.98. The van der Waals surface area contributed by atoms with Crippen molar-refractivity contribution in [3.8, 4) is 11.5 Å². The SMILES string of the molecule is Cc1noc(-c2ccc(N)c(N)c2C)n1. The van der Waals surface area contributed by atoms with Crippen molar-refractivity contribution in [1.29, 1.82) is 0 Å². The highest BCUT2D eigenvalue weighted by Gasteiger charge is 2.12. The number of aryl methyl sites for hydroxylation is 1. The summed E-state index contributed by atoms with van der Waals surface area (Å²) in [6.07, 6.45) is 0. The Hall–Kier alpha value is -2.04. The Balaban J connectivity index is 2.59. The summed E-state index contributed by atoms with van der Waals surface area (Å²) in [6.45, 7) is 3.64. The van der Waals surface area contributed by atoms with Gasteiger partial charge in [0.25, 0.3) is 5.89 Å². The van der Waals surface area contributed by atoms with E-state index in [0.717, 1.165) is 11.1 Å². The first-order valence-electron chi connectivity index (χ1n) is 4.55. The van der Waals surface area contributed by atoms with E-state index in [9.17, 15) is 0 Å². The van der Waals surface area contributed by atoms with Crippen molar-refractivity contribution in [3.63, 3.8) is 0 Å². The molecule has 15 heavy (non-hydrogen) atoms. The summed E-state index contributed by atoms with van der Waals surface area (Å²) in [7, 11) is 0. The second-order valence-corrected chi connectivity index (χ2v) is 3.39. The average molecular weight is 204 g/mol. The van der Waals surface area contributed by atoms with Crippen LogP contribution in [0.25, 0.3) is 11.5 Å². The van der Waals surface area contributed by atoms with Crippen LogP contribution in [0.2, 0.25) is 0 Å². The molecule has 4 N–H and O–H groups in total. The molecule has 0 aliphatic carbocycles. The van der Waals surface area contributed by atoms with Crippen molar-refractivity contribution in [1.82, 2.24) is 10.1 Å². The minimum atomic E-state index is 0.469. The lowest BCUT2D eigenvalue weighted by atomic mass is 10.1. The first-order valence-corrected chi connectivity index (χ1v) is 4.55. The van der Waals surface area contributed by atoms with Gasteiger partial charge in [-0.1, -0.05) is 5.16 Å². The Kier molecular flexibility index (Phi) is 2.07. The summed E-state index contributed by atoms with van der Waals surface area (Å²) in [5.74, 6) is 1.07. The van der Waals surface area contributed by atoms with Gasteiger partial charge in [-0.15, -0.1) is 0 Å². The first-order chi connectivity index (χ1) is 7.09. The number of hydrogen-bond donors (Lipinski definition) is 2. The van der Waals surface area contributed by atoms with Gasteiger partial charge in [0.2, 0.25) is 0 Å². The van der Waals surface area contributed by atoms with Gasteiger partial charge in [-0.3, -0.25) is 0 Å². The molecule has 0 spiro atoms. The Morgan fingerprint density at radius 1 is 1.20 bits per heavy atom. The molecule has 0 atom stereocenters. The number of nitrogens with two attached hydrogens (primary N) is 2. The summed E-state index contributed by atoms with van der Waals surface area (Å²) in [5.41, 5.74) is 14.3. The molecule has 5 heteroatoms. The number of rotatable bonds is 1. The van der Waals surface area contributed by atoms with E-state index in [4.69, 9.17) is 16.0 Å². The number of anilines is 2. The molecule has 0 radical (unpaired) electrons. The van der Waals surface area contributed by atoms with Crippen LogP contribution in [0, 0.1) is 13.8 Å². The normalized spacial score (nSPS) is 10.5. The Labute approximate surface area is 87.1 Å². The van der Waals surface area contributed by atoms with E-state index in [1.165, 1.54) is 0 Å². The summed E-state index contributed by atoms with van der Waals surface area (Å²) >= 11 is 0. The molecule has 2 rings (SSSR count). The van der Waals surface area contributed by atoms with E-state index in [2.05, 4.69) is 10.1 Å². The smallest absolute Gasteiger partial charge is 0.258 e. The highest BCUT2D eigenvalue weighted by molar-refractivity contribution is 5.76. The summed E-state index contributed by atoms with van der Waals surface area (Å²) in [5, 5.41) is 3.73. The van der Waals surface area contributed by atoms with Gasteiger partial charge in [-0.25, -0.2) is 0 Å². The van der Waals surface area contributed by atoms with E-state index in [1.54, 1.807) is 13.0 Å². The fraction of sp³-hybridized carbons (Fsp3) is 0.200. The largest absolute Gasteiger partial charge is 0.397 e. The van der Waals surface area contributed by atoms with Crippen molar-refractivity contribution in [3.05, 3.63) is 23.5 Å². The monoisotopic (exact) mass is 204 g/mol. The molecule has 1 heterocycles. The first kappa shape index (κ1) is 9.51. The van der Waals surface area contributed by atoms with Crippen molar-refractivity contribution < 1.29 is 4.52 Å². The second kappa shape index (κ2) is 3.27. The molecule has 0 aliphatic heterocycles. The van der Waals surface area contributed by atoms with Crippen LogP contribution in [0.4, 0.5) is 11.4 Å². The minimum absolute atomic E-state index is 0.469. The molecule has 78 valence electrons. The van der Waals surface area contributed by atoms with Crippen LogP contribution in [0.15, 0.2) is 16.7 Å². The van der Waals surface area contributed by atoms with Gasteiger partial charge in [0.05, 0.1) is 11.4 Å². The molecule has 5 nitrogen and oxygen atoms in total. The van der Waals surface area contributed by atoms with Crippen LogP contribution in [0.5, 0.6) is 0 Å². The molecule has 0 bridgehead atoms. The molecule has 1 aromatic heterocycles. The molecule has 1 aromatic carbocycles. The van der Waals surface area contributed by atoms with Crippen LogP contribution >= 0.6 is 0 Å². The van der Waals surface area contributed by atoms with E-state index >= 15 is 0 Å². The van der Waals surface area contributed by atoms with E-state index < -0.39 is 0 Å². The Morgan fingerprint density at radius 2 is 1.93 bits per heavy atom. The Bertz CT molecular complexity index is 504. The van der Waals surface area contributed by atoms with E-state index in [1.807, 2.05) is 13.0 Å². The van der Waals surface area contributed by atoms with Crippen LogP contribution in [0.1, 0.15) is 11.4 Å². The zero-order valence-corrected chi connectivity index (χ0v) is 8.61. The number of benzene rings is 1. The molecular weight excluding hydrogens is 192 g/mol. The van der Waals surface area contributed by atoms with Gasteiger partial charge < -0.3 is 16.0 Å². The molecule has 0 fully saturated rings. The third-order valence-electron chi connectivity index (χ3n) is 2.31. The number of nitrogens with zero attached hydrogens (tertiary/aromatic N) is 2. The molecule has 0 unspecified atom stereocenters. The summed E-state index contributed by atoms with van der Waals surface area (Å²) < 4.78 is 5.07. The van der Waals surface area contributed by atoms with Gasteiger partial charge in [0.1, 0.15) is 0 Å². The summed E-state index contributed by atoms with van der Waals surface area (Å²) in [4.78, 5) is 4.14. The molecule has 2 aromatic rings. The zero-order chi connectivity index (χ0) is 11.0. The maximum absolute atomic E-state index is 5.81. The highest BCUT2D eigenvalue weighted by Crippen LogP contribution is 2.29. The van der Waals surface area contributed by atoms with Crippen LogP contribution in [-0.2, 0) is 0 Å². The van der Waals surface area contributed by atoms with E-state index in [0.29, 0.717) is 23.1 Å². The van der Waals surface area contributed by atoms with Gasteiger partial charge in [0.15, 0.2) is 5.82 Å². The van der Waals surface area contributed by atoms with Crippen molar-refractivity contribution in [2.24, 2.45) is 0 Å². The molecule has 0 saturated carbocycles. The quantitative estimate of drug-likeness (QED) is 0.687. The van der Waals surface area contributed by atoms with Crippen LogP contribution < -0.4 is 11.5 Å². The topological polar surface area (TPSA) is 91.0 Å². The number of hydrogen-bond acceptors (Lipinski definition) is 5. The highest BCUT2D eigenvalue weighted by atomic mass is 16.5. The molecule has 0 amide bonds. The fourth-order valence-corrected chi connectivity index (χ4v) is 1.39. The minimum Gasteiger partial charge on any atom is -0.397 e. The van der Waals surface area contributed by atoms with Gasteiger partial charge in [0, 0.05) is 5.56 Å². The number of nitrogen functional groups attached to an aromatic ring is 2. The van der Waals surface area contributed by atoms with Crippen LogP contribution in [0.3, 0.4) is 0 Å². The lowest BCUT2D eigenvalue weighted by molar-refractivity contribution is 0.425. The molecular formula is C10H12N4O. The maximum Gasteiger partial charge on any atom is 0.258 e. The molecule has 0 saturated heterocycles. The average Bonchev–Trinajstić information content (AvgIpc) is 2.61. The fourth-order valence-electron chi connectivity index (χ4n) is 1.39. The zero-order valence-electron chi connectivity index (χ0n) is 8.61. The summed E-state index contributed by atoms with van der Waals surface area (Å²) in [6, 6.07) is 3.56. The third kappa shape index (κ3) is 1.52. The predicted molar refractivity (Wildman–Crippen MR) is 58.0 cm³/mol. The number of aromatic nitrogens is 2. The van der Waals surface area contributed by atoms with Gasteiger partial charge in [-0.2, -0.15) is 4.98 Å². The third-order valence-corrected chi connectivity index (χ3v) is 2.31. The maximum atomic E-state index is 5.81. The standard InChI is InChI=1S/C10H12N4O/c1-5-7(3-4-8(11)9(5)12)10-13-6(2)14-15-10/h3-4H,11-12H2,1-2H3. The van der Waals surface area contributed by atoms with E-state index in [-0.39, 0.29) is 0 Å².